The van der Waals surface area contributed by atoms with Gasteiger partial charge in [0.1, 0.15) is 17.5 Å². The van der Waals surface area contributed by atoms with E-state index in [0.717, 1.165) is 65.1 Å². The van der Waals surface area contributed by atoms with Gasteiger partial charge in [0, 0.05) is 98.8 Å². The number of nitrogens with zero attached hydrogens (tertiary/aromatic N) is 8. The summed E-state index contributed by atoms with van der Waals surface area (Å²) in [6, 6.07) is 12.1. The van der Waals surface area contributed by atoms with Crippen molar-refractivity contribution in [2.24, 2.45) is 7.05 Å². The molecule has 1 saturated heterocycles. The molecule has 1 aliphatic rings. The van der Waals surface area contributed by atoms with Crippen LogP contribution in [-0.2, 0) is 11.8 Å². The van der Waals surface area contributed by atoms with E-state index in [9.17, 15) is 5.26 Å². The summed E-state index contributed by atoms with van der Waals surface area (Å²) in [7, 11) is 5.19. The summed E-state index contributed by atoms with van der Waals surface area (Å²) in [6.45, 7) is 1.52. The summed E-state index contributed by atoms with van der Waals surface area (Å²) >= 11 is 0. The maximum absolute atomic E-state index is 9.72. The smallest absolute Gasteiger partial charge is 0.212 e. The number of rotatable bonds is 5. The minimum atomic E-state index is -0.523. The Hall–Kier alpha value is -5.19. The molecule has 10 heteroatoms. The Morgan fingerprint density at radius 2 is 1.76 bits per heavy atom. The van der Waals surface area contributed by atoms with Crippen molar-refractivity contribution in [1.82, 2.24) is 29.4 Å². The molecule has 6 heterocycles. The highest BCUT2D eigenvalue weighted by Gasteiger charge is 2.33. The van der Waals surface area contributed by atoms with Gasteiger partial charge in [-0.15, -0.1) is 0 Å². The van der Waals surface area contributed by atoms with Crippen LogP contribution in [0.5, 0.6) is 5.88 Å². The number of hydrogen-bond donors (Lipinski definition) is 0. The second kappa shape index (κ2) is 10.8. The molecule has 0 aliphatic carbocycles. The van der Waals surface area contributed by atoms with Gasteiger partial charge in [-0.25, -0.2) is 14.5 Å². The van der Waals surface area contributed by atoms with Crippen molar-refractivity contribution in [1.29, 1.82) is 5.26 Å². The van der Waals surface area contributed by atoms with Crippen LogP contribution in [0.15, 0.2) is 67.5 Å². The molecule has 0 amide bonds. The molecule has 6 rings (SSSR count). The quantitative estimate of drug-likeness (QED) is 0.305. The average molecular weight is 545 g/mol. The van der Waals surface area contributed by atoms with Crippen LogP contribution in [0.2, 0.25) is 0 Å². The Morgan fingerprint density at radius 1 is 0.902 bits per heavy atom. The van der Waals surface area contributed by atoms with Gasteiger partial charge in [-0.2, -0.15) is 15.5 Å². The van der Waals surface area contributed by atoms with Crippen molar-refractivity contribution >= 4 is 11.3 Å². The first-order valence-electron chi connectivity index (χ1n) is 13.2. The van der Waals surface area contributed by atoms with Crippen LogP contribution in [0, 0.1) is 23.2 Å². The Bertz CT molecular complexity index is 1800. The van der Waals surface area contributed by atoms with E-state index >= 15 is 0 Å². The van der Waals surface area contributed by atoms with Crippen molar-refractivity contribution in [3.05, 3.63) is 78.6 Å². The van der Waals surface area contributed by atoms with Crippen molar-refractivity contribution in [2.45, 2.75) is 18.4 Å². The maximum Gasteiger partial charge on any atom is 0.212 e. The number of piperidine rings is 1. The number of methoxy groups -OCH3 is 2. The third-order valence-electron chi connectivity index (χ3n) is 7.50. The highest BCUT2D eigenvalue weighted by Crippen LogP contribution is 2.33. The lowest BCUT2D eigenvalue weighted by atomic mass is 9.91. The Labute approximate surface area is 237 Å². The molecule has 0 bridgehead atoms. The minimum absolute atomic E-state index is 0.514. The van der Waals surface area contributed by atoms with E-state index in [1.807, 2.05) is 50.0 Å². The Kier molecular flexibility index (Phi) is 6.84. The molecule has 10 nitrogen and oxygen atoms in total. The molecule has 5 aromatic rings. The third kappa shape index (κ3) is 5.09. The number of pyridine rings is 3. The van der Waals surface area contributed by atoms with Crippen LogP contribution in [0.3, 0.4) is 0 Å². The highest BCUT2D eigenvalue weighted by atomic mass is 16.5. The van der Waals surface area contributed by atoms with Crippen LogP contribution < -0.4 is 9.64 Å². The third-order valence-corrected chi connectivity index (χ3v) is 7.50. The highest BCUT2D eigenvalue weighted by molar-refractivity contribution is 5.87. The first kappa shape index (κ1) is 26.1. The largest absolute Gasteiger partial charge is 0.481 e. The van der Waals surface area contributed by atoms with Crippen molar-refractivity contribution < 1.29 is 9.47 Å². The molecule has 41 heavy (non-hydrogen) atoms. The predicted molar refractivity (Wildman–Crippen MR) is 154 cm³/mol. The average Bonchev–Trinajstić information content (AvgIpc) is 3.66. The van der Waals surface area contributed by atoms with Crippen LogP contribution >= 0.6 is 0 Å². The second-order valence-corrected chi connectivity index (χ2v) is 9.94. The van der Waals surface area contributed by atoms with Gasteiger partial charge in [0.15, 0.2) is 0 Å². The van der Waals surface area contributed by atoms with Crippen molar-refractivity contribution in [3.8, 4) is 46.0 Å². The molecule has 0 saturated carbocycles. The number of ether oxygens (including phenoxy) is 2. The van der Waals surface area contributed by atoms with E-state index < -0.39 is 5.60 Å². The lowest BCUT2D eigenvalue weighted by Gasteiger charge is -2.38. The van der Waals surface area contributed by atoms with E-state index in [0.29, 0.717) is 11.4 Å². The van der Waals surface area contributed by atoms with Gasteiger partial charge in [-0.3, -0.25) is 4.68 Å². The second-order valence-electron chi connectivity index (χ2n) is 9.94. The molecular weight excluding hydrogens is 516 g/mol. The van der Waals surface area contributed by atoms with Gasteiger partial charge in [-0.05, 0) is 24.3 Å². The topological polar surface area (TPSA) is 106 Å². The Morgan fingerprint density at radius 3 is 2.39 bits per heavy atom. The predicted octanol–water partition coefficient (Wildman–Crippen LogP) is 4.11. The molecule has 0 radical (unpaired) electrons. The number of aryl methyl sites for hydroxylation is 1. The van der Waals surface area contributed by atoms with E-state index in [4.69, 9.17) is 14.5 Å². The molecule has 1 fully saturated rings. The SMILES string of the molecule is COc1ccc(C#CC2(OC)CCN(c3ccc(-c4cc(-c5cnn(C)c5)cn5ncc(C#N)c45)cn3)CC2)cn1. The van der Waals surface area contributed by atoms with Crippen LogP contribution in [0.1, 0.15) is 24.0 Å². The van der Waals surface area contributed by atoms with Gasteiger partial charge in [-0.1, -0.05) is 11.8 Å². The minimum Gasteiger partial charge on any atom is -0.481 e. The fraction of sp³-hybridized carbons (Fsp3) is 0.258. The van der Waals surface area contributed by atoms with Gasteiger partial charge < -0.3 is 14.4 Å². The number of fused-ring (bicyclic) bond motifs is 1. The first-order valence-corrected chi connectivity index (χ1v) is 13.2. The lowest BCUT2D eigenvalue weighted by Crippen LogP contribution is -2.45. The number of aromatic nitrogens is 6. The van der Waals surface area contributed by atoms with Crippen LogP contribution in [0.25, 0.3) is 27.8 Å². The lowest BCUT2D eigenvalue weighted by molar-refractivity contribution is 0.0207. The van der Waals surface area contributed by atoms with Crippen molar-refractivity contribution in [3.63, 3.8) is 0 Å². The number of hydrogen-bond acceptors (Lipinski definition) is 8. The van der Waals surface area contributed by atoms with Gasteiger partial charge in [0.25, 0.3) is 0 Å². The normalized spacial score (nSPS) is 14.3. The summed E-state index contributed by atoms with van der Waals surface area (Å²) < 4.78 is 14.5. The first-order chi connectivity index (χ1) is 20.0. The molecule has 204 valence electrons. The molecule has 0 aromatic carbocycles. The fourth-order valence-electron chi connectivity index (χ4n) is 5.12. The molecule has 0 N–H and O–H groups in total. The van der Waals surface area contributed by atoms with Gasteiger partial charge >= 0.3 is 0 Å². The summed E-state index contributed by atoms with van der Waals surface area (Å²) in [4.78, 5) is 11.3. The number of nitriles is 1. The molecule has 0 spiro atoms. The van der Waals surface area contributed by atoms with Gasteiger partial charge in [0.2, 0.25) is 5.88 Å². The molecule has 1 aliphatic heterocycles. The zero-order chi connectivity index (χ0) is 28.4. The monoisotopic (exact) mass is 544 g/mol. The molecule has 0 unspecified atom stereocenters. The summed E-state index contributed by atoms with van der Waals surface area (Å²) in [5, 5.41) is 18.5. The standard InChI is InChI=1S/C31H28N8O2/c1-37-20-26(19-35-37)24-14-27(30-25(15-32)18-36-39(30)21-24)23-5-6-28(33-17-23)38-12-10-31(41-3,11-13-38)9-8-22-4-7-29(40-2)34-16-22/h4-7,14,16-21H,10-13H2,1-3H3. The zero-order valence-electron chi connectivity index (χ0n) is 23.1. The van der Waals surface area contributed by atoms with Crippen LogP contribution in [0.4, 0.5) is 5.82 Å². The van der Waals surface area contributed by atoms with E-state index in [1.165, 1.54) is 0 Å². The molecule has 0 atom stereocenters. The molecule has 5 aromatic heterocycles. The summed E-state index contributed by atoms with van der Waals surface area (Å²) in [5.41, 5.74) is 5.28. The van der Waals surface area contributed by atoms with Crippen molar-refractivity contribution in [2.75, 3.05) is 32.2 Å². The van der Waals surface area contributed by atoms with E-state index in [2.05, 4.69) is 44.1 Å². The molecular formula is C31H28N8O2. The van der Waals surface area contributed by atoms with Crippen LogP contribution in [-0.4, -0.2) is 62.3 Å². The fourth-order valence-corrected chi connectivity index (χ4v) is 5.12. The maximum atomic E-state index is 9.72. The van der Waals surface area contributed by atoms with E-state index in [1.54, 1.807) is 41.9 Å². The Balaban J connectivity index is 1.23. The number of anilines is 1. The van der Waals surface area contributed by atoms with E-state index in [-0.39, 0.29) is 0 Å². The van der Waals surface area contributed by atoms with Gasteiger partial charge in [0.05, 0.1) is 30.6 Å². The summed E-state index contributed by atoms with van der Waals surface area (Å²) in [6.07, 6.45) is 12.3. The zero-order valence-corrected chi connectivity index (χ0v) is 23.1. The summed E-state index contributed by atoms with van der Waals surface area (Å²) in [5.74, 6) is 8.01.